The molecule has 0 saturated carbocycles. The predicted octanol–water partition coefficient (Wildman–Crippen LogP) is 6.24. The quantitative estimate of drug-likeness (QED) is 0.169. The number of ether oxygens (including phenoxy) is 1. The number of rotatable bonds is 8. The van der Waals surface area contributed by atoms with Crippen LogP contribution in [0.2, 0.25) is 0 Å². The number of para-hydroxylation sites is 2. The van der Waals surface area contributed by atoms with Gasteiger partial charge in [-0.3, -0.25) is 14.9 Å². The number of nitro benzene ring substituents is 1. The molecule has 1 heterocycles. The standard InChI is InChI=1S/C28H22N4O4S/c1-18-7-9-20(10-8-18)25-15-22(19-11-13-21(36-2)14-12-19)23(16-29)28(31-25)37-17-27(33)30-24-5-3-4-6-26(24)32(34)35/h3-15H,17H2,1-2H3,(H,30,33). The van der Waals surface area contributed by atoms with Crippen molar-refractivity contribution in [3.63, 3.8) is 0 Å². The van der Waals surface area contributed by atoms with Crippen molar-refractivity contribution in [1.82, 2.24) is 4.98 Å². The van der Waals surface area contributed by atoms with Crippen molar-refractivity contribution in [2.45, 2.75) is 11.9 Å². The van der Waals surface area contributed by atoms with Crippen LogP contribution in [0.3, 0.4) is 0 Å². The van der Waals surface area contributed by atoms with E-state index >= 15 is 0 Å². The van der Waals surface area contributed by atoms with Gasteiger partial charge in [-0.15, -0.1) is 0 Å². The second-order valence-corrected chi connectivity index (χ2v) is 9.02. The molecule has 0 atom stereocenters. The topological polar surface area (TPSA) is 118 Å². The Labute approximate surface area is 218 Å². The fraction of sp³-hybridized carbons (Fsp3) is 0.107. The monoisotopic (exact) mass is 510 g/mol. The molecule has 0 saturated heterocycles. The number of nitrogens with one attached hydrogen (secondary N) is 1. The zero-order valence-electron chi connectivity index (χ0n) is 20.1. The summed E-state index contributed by atoms with van der Waals surface area (Å²) in [7, 11) is 1.58. The smallest absolute Gasteiger partial charge is 0.292 e. The molecule has 1 N–H and O–H groups in total. The molecule has 4 aromatic rings. The predicted molar refractivity (Wildman–Crippen MR) is 144 cm³/mol. The number of aromatic nitrogens is 1. The molecule has 3 aromatic carbocycles. The molecule has 0 unspecified atom stereocenters. The van der Waals surface area contributed by atoms with Crippen molar-refractivity contribution in [1.29, 1.82) is 5.26 Å². The Morgan fingerprint density at radius 2 is 1.76 bits per heavy atom. The summed E-state index contributed by atoms with van der Waals surface area (Å²) in [6.45, 7) is 2.00. The lowest BCUT2D eigenvalue weighted by atomic mass is 9.99. The number of methoxy groups -OCH3 is 1. The van der Waals surface area contributed by atoms with Gasteiger partial charge in [-0.2, -0.15) is 5.26 Å². The van der Waals surface area contributed by atoms with Gasteiger partial charge in [0.15, 0.2) is 0 Å². The Kier molecular flexibility index (Phi) is 7.81. The number of carbonyl (C=O) groups excluding carboxylic acids is 1. The van der Waals surface area contributed by atoms with Crippen LogP contribution in [0.5, 0.6) is 5.75 Å². The van der Waals surface area contributed by atoms with Crippen LogP contribution in [0.1, 0.15) is 11.1 Å². The summed E-state index contributed by atoms with van der Waals surface area (Å²) in [5, 5.41) is 24.3. The molecule has 0 bridgehead atoms. The number of hydrogen-bond acceptors (Lipinski definition) is 7. The molecule has 8 nitrogen and oxygen atoms in total. The first kappa shape index (κ1) is 25.4. The number of nitriles is 1. The fourth-order valence-electron chi connectivity index (χ4n) is 3.66. The van der Waals surface area contributed by atoms with Gasteiger partial charge in [-0.25, -0.2) is 4.98 Å². The summed E-state index contributed by atoms with van der Waals surface area (Å²) < 4.78 is 5.26. The summed E-state index contributed by atoms with van der Waals surface area (Å²) in [6.07, 6.45) is 0. The molecular formula is C28H22N4O4S. The number of benzene rings is 3. The average molecular weight is 511 g/mol. The minimum absolute atomic E-state index is 0.0901. The maximum Gasteiger partial charge on any atom is 0.292 e. The van der Waals surface area contributed by atoms with Gasteiger partial charge in [-0.1, -0.05) is 65.9 Å². The van der Waals surface area contributed by atoms with Crippen LogP contribution in [-0.4, -0.2) is 28.7 Å². The van der Waals surface area contributed by atoms with E-state index in [-0.39, 0.29) is 17.1 Å². The van der Waals surface area contributed by atoms with Crippen LogP contribution in [0.25, 0.3) is 22.4 Å². The largest absolute Gasteiger partial charge is 0.497 e. The Bertz CT molecular complexity index is 1500. The van der Waals surface area contributed by atoms with Gasteiger partial charge >= 0.3 is 0 Å². The molecule has 9 heteroatoms. The van der Waals surface area contributed by atoms with Crippen molar-refractivity contribution in [3.05, 3.63) is 100 Å². The highest BCUT2D eigenvalue weighted by molar-refractivity contribution is 8.00. The SMILES string of the molecule is COc1ccc(-c2cc(-c3ccc(C)cc3)nc(SCC(=O)Nc3ccccc3[N+](=O)[O-])c2C#N)cc1. The van der Waals surface area contributed by atoms with Gasteiger partial charge in [0.2, 0.25) is 5.91 Å². The van der Waals surface area contributed by atoms with Crippen LogP contribution in [-0.2, 0) is 4.79 Å². The van der Waals surface area contributed by atoms with Gasteiger partial charge in [0.1, 0.15) is 22.5 Å². The number of hydrogen-bond donors (Lipinski definition) is 1. The zero-order chi connectivity index (χ0) is 26.4. The second kappa shape index (κ2) is 11.4. The number of pyridine rings is 1. The number of nitro groups is 1. The maximum absolute atomic E-state index is 12.7. The summed E-state index contributed by atoms with van der Waals surface area (Å²) >= 11 is 1.10. The van der Waals surface area contributed by atoms with E-state index in [0.717, 1.165) is 28.5 Å². The lowest BCUT2D eigenvalue weighted by Crippen LogP contribution is -2.15. The highest BCUT2D eigenvalue weighted by Crippen LogP contribution is 2.35. The van der Waals surface area contributed by atoms with E-state index in [9.17, 15) is 20.2 Å². The first-order valence-electron chi connectivity index (χ1n) is 11.2. The number of amides is 1. The molecular weight excluding hydrogens is 488 g/mol. The van der Waals surface area contributed by atoms with Crippen LogP contribution in [0.15, 0.2) is 83.9 Å². The first-order valence-corrected chi connectivity index (χ1v) is 12.2. The number of thioether (sulfide) groups is 1. The second-order valence-electron chi connectivity index (χ2n) is 8.05. The van der Waals surface area contributed by atoms with Crippen LogP contribution >= 0.6 is 11.8 Å². The number of carbonyl (C=O) groups is 1. The van der Waals surface area contributed by atoms with E-state index in [1.54, 1.807) is 13.2 Å². The normalized spacial score (nSPS) is 10.4. The van der Waals surface area contributed by atoms with Crippen molar-refractivity contribution < 1.29 is 14.5 Å². The van der Waals surface area contributed by atoms with Crippen molar-refractivity contribution >= 4 is 29.0 Å². The third-order valence-electron chi connectivity index (χ3n) is 5.56. The van der Waals surface area contributed by atoms with Crippen molar-refractivity contribution in [3.8, 4) is 34.2 Å². The molecule has 1 amide bonds. The molecule has 0 fully saturated rings. The van der Waals surface area contributed by atoms with Crippen molar-refractivity contribution in [2.75, 3.05) is 18.2 Å². The molecule has 1 aromatic heterocycles. The maximum atomic E-state index is 12.7. The third-order valence-corrected chi connectivity index (χ3v) is 6.54. The Morgan fingerprint density at radius 3 is 2.41 bits per heavy atom. The Hall–Kier alpha value is -4.68. The molecule has 0 aliphatic carbocycles. The highest BCUT2D eigenvalue weighted by atomic mass is 32.2. The van der Waals surface area contributed by atoms with E-state index in [1.165, 1.54) is 18.2 Å². The summed E-state index contributed by atoms with van der Waals surface area (Å²) in [5.74, 6) is 0.153. The van der Waals surface area contributed by atoms with Crippen LogP contribution in [0.4, 0.5) is 11.4 Å². The van der Waals surface area contributed by atoms with E-state index < -0.39 is 10.8 Å². The third kappa shape index (κ3) is 5.94. The minimum atomic E-state index is -0.551. The van der Waals surface area contributed by atoms with E-state index in [0.29, 0.717) is 27.6 Å². The molecule has 4 rings (SSSR count). The molecule has 0 aliphatic heterocycles. The Morgan fingerprint density at radius 1 is 1.08 bits per heavy atom. The van der Waals surface area contributed by atoms with Gasteiger partial charge in [0.05, 0.1) is 29.0 Å². The minimum Gasteiger partial charge on any atom is -0.497 e. The fourth-order valence-corrected chi connectivity index (χ4v) is 4.47. The van der Waals surface area contributed by atoms with Gasteiger partial charge < -0.3 is 10.1 Å². The summed E-state index contributed by atoms with van der Waals surface area (Å²) in [6, 6.07) is 25.3. The molecule has 37 heavy (non-hydrogen) atoms. The van der Waals surface area contributed by atoms with Crippen LogP contribution < -0.4 is 10.1 Å². The van der Waals surface area contributed by atoms with Crippen molar-refractivity contribution in [2.24, 2.45) is 0 Å². The van der Waals surface area contributed by atoms with E-state index in [4.69, 9.17) is 9.72 Å². The number of nitrogens with zero attached hydrogens (tertiary/aromatic N) is 3. The first-order chi connectivity index (χ1) is 17.9. The van der Waals surface area contributed by atoms with Gasteiger partial charge in [0, 0.05) is 17.2 Å². The molecule has 184 valence electrons. The Balaban J connectivity index is 1.69. The lowest BCUT2D eigenvalue weighted by Gasteiger charge is -2.13. The highest BCUT2D eigenvalue weighted by Gasteiger charge is 2.19. The molecule has 0 radical (unpaired) electrons. The summed E-state index contributed by atoms with van der Waals surface area (Å²) in [5.41, 5.74) is 4.37. The van der Waals surface area contributed by atoms with E-state index in [1.807, 2.05) is 61.5 Å². The van der Waals surface area contributed by atoms with Gasteiger partial charge in [0.25, 0.3) is 5.69 Å². The molecule has 0 spiro atoms. The van der Waals surface area contributed by atoms with Crippen LogP contribution in [0, 0.1) is 28.4 Å². The molecule has 0 aliphatic rings. The number of anilines is 1. The van der Waals surface area contributed by atoms with E-state index in [2.05, 4.69) is 11.4 Å². The average Bonchev–Trinajstić information content (AvgIpc) is 2.92. The summed E-state index contributed by atoms with van der Waals surface area (Å²) in [4.78, 5) is 28.1. The zero-order valence-corrected chi connectivity index (χ0v) is 20.9. The number of aryl methyl sites for hydroxylation is 1. The van der Waals surface area contributed by atoms with Gasteiger partial charge in [-0.05, 0) is 36.8 Å². The lowest BCUT2D eigenvalue weighted by molar-refractivity contribution is -0.383.